The fourth-order valence-corrected chi connectivity index (χ4v) is 2.67. The lowest BCUT2D eigenvalue weighted by Gasteiger charge is -2.20. The Morgan fingerprint density at radius 3 is 2.20 bits per heavy atom. The van der Waals surface area contributed by atoms with Gasteiger partial charge in [0.1, 0.15) is 5.75 Å². The average molecular weight is 267 g/mol. The summed E-state index contributed by atoms with van der Waals surface area (Å²) in [5, 5.41) is 0. The van der Waals surface area contributed by atoms with Gasteiger partial charge in [0.05, 0.1) is 7.11 Å². The molecule has 0 fully saturated rings. The highest BCUT2D eigenvalue weighted by atomic mass is 16.5. The predicted molar refractivity (Wildman–Crippen MR) is 85.4 cm³/mol. The molecule has 0 aliphatic heterocycles. The van der Waals surface area contributed by atoms with Crippen LogP contribution in [0.1, 0.15) is 50.7 Å². The maximum absolute atomic E-state index is 5.21. The topological polar surface area (TPSA) is 9.23 Å². The SMILES string of the molecule is COc1c[c]c(-c2cccc(C(C)C)c2C(C)C)cc1. The molecule has 0 saturated heterocycles. The number of hydrogen-bond acceptors (Lipinski definition) is 1. The maximum atomic E-state index is 5.21. The summed E-state index contributed by atoms with van der Waals surface area (Å²) in [5.41, 5.74) is 5.29. The van der Waals surface area contributed by atoms with Crippen LogP contribution in [0, 0.1) is 6.07 Å². The van der Waals surface area contributed by atoms with Crippen molar-refractivity contribution in [3.8, 4) is 16.9 Å². The van der Waals surface area contributed by atoms with Crippen molar-refractivity contribution in [3.63, 3.8) is 0 Å². The highest BCUT2D eigenvalue weighted by molar-refractivity contribution is 5.70. The molecule has 0 aliphatic rings. The second-order valence-electron chi connectivity index (χ2n) is 5.76. The number of methoxy groups -OCH3 is 1. The van der Waals surface area contributed by atoms with E-state index in [0.29, 0.717) is 11.8 Å². The third-order valence-corrected chi connectivity index (χ3v) is 3.65. The molecular formula is C19H23O. The Morgan fingerprint density at radius 2 is 1.70 bits per heavy atom. The summed E-state index contributed by atoms with van der Waals surface area (Å²) in [6.07, 6.45) is 0. The molecule has 1 heteroatoms. The minimum Gasteiger partial charge on any atom is -0.497 e. The Balaban J connectivity index is 2.57. The molecule has 0 saturated carbocycles. The predicted octanol–water partition coefficient (Wildman–Crippen LogP) is 5.41. The number of ether oxygens (including phenoxy) is 1. The van der Waals surface area contributed by atoms with Gasteiger partial charge in [-0.1, -0.05) is 52.0 Å². The summed E-state index contributed by atoms with van der Waals surface area (Å²) in [6, 6.07) is 15.9. The van der Waals surface area contributed by atoms with Crippen LogP contribution in [0.15, 0.2) is 36.4 Å². The molecule has 2 rings (SSSR count). The molecule has 20 heavy (non-hydrogen) atoms. The van der Waals surface area contributed by atoms with Crippen molar-refractivity contribution in [2.24, 2.45) is 0 Å². The van der Waals surface area contributed by atoms with E-state index < -0.39 is 0 Å². The van der Waals surface area contributed by atoms with E-state index in [4.69, 9.17) is 4.74 Å². The number of rotatable bonds is 4. The molecule has 1 nitrogen and oxygen atoms in total. The lowest BCUT2D eigenvalue weighted by Crippen LogP contribution is -2.01. The van der Waals surface area contributed by atoms with Crippen molar-refractivity contribution in [3.05, 3.63) is 53.6 Å². The van der Waals surface area contributed by atoms with Crippen LogP contribution < -0.4 is 4.74 Å². The van der Waals surface area contributed by atoms with E-state index in [1.54, 1.807) is 7.11 Å². The molecule has 0 aromatic heterocycles. The molecular weight excluding hydrogens is 244 g/mol. The lowest BCUT2D eigenvalue weighted by molar-refractivity contribution is 0.415. The first-order valence-corrected chi connectivity index (χ1v) is 7.23. The van der Waals surface area contributed by atoms with Gasteiger partial charge in [-0.05, 0) is 52.3 Å². The first kappa shape index (κ1) is 14.6. The van der Waals surface area contributed by atoms with E-state index in [-0.39, 0.29) is 0 Å². The zero-order valence-electron chi connectivity index (χ0n) is 13.0. The zero-order chi connectivity index (χ0) is 14.7. The van der Waals surface area contributed by atoms with Gasteiger partial charge in [-0.3, -0.25) is 0 Å². The lowest BCUT2D eigenvalue weighted by atomic mass is 9.84. The van der Waals surface area contributed by atoms with Crippen molar-refractivity contribution in [2.75, 3.05) is 7.11 Å². The van der Waals surface area contributed by atoms with Crippen molar-refractivity contribution in [1.82, 2.24) is 0 Å². The molecule has 2 aromatic rings. The molecule has 1 radical (unpaired) electrons. The molecule has 0 N–H and O–H groups in total. The first-order valence-electron chi connectivity index (χ1n) is 7.23. The number of benzene rings is 2. The van der Waals surface area contributed by atoms with E-state index >= 15 is 0 Å². The summed E-state index contributed by atoms with van der Waals surface area (Å²) in [5.74, 6) is 1.88. The first-order chi connectivity index (χ1) is 9.54. The minimum absolute atomic E-state index is 0.499. The van der Waals surface area contributed by atoms with E-state index in [0.717, 1.165) is 11.3 Å². The van der Waals surface area contributed by atoms with Crippen LogP contribution in [-0.2, 0) is 0 Å². The van der Waals surface area contributed by atoms with E-state index in [2.05, 4.69) is 58.0 Å². The van der Waals surface area contributed by atoms with Crippen LogP contribution >= 0.6 is 0 Å². The molecule has 0 spiro atoms. The quantitative estimate of drug-likeness (QED) is 0.719. The van der Waals surface area contributed by atoms with E-state index in [9.17, 15) is 0 Å². The van der Waals surface area contributed by atoms with Crippen molar-refractivity contribution in [1.29, 1.82) is 0 Å². The molecule has 0 aliphatic carbocycles. The Bertz CT molecular complexity index is 565. The summed E-state index contributed by atoms with van der Waals surface area (Å²) in [7, 11) is 1.68. The fourth-order valence-electron chi connectivity index (χ4n) is 2.67. The van der Waals surface area contributed by atoms with Gasteiger partial charge in [0.25, 0.3) is 0 Å². The minimum atomic E-state index is 0.499. The molecule has 0 bridgehead atoms. The van der Waals surface area contributed by atoms with Crippen molar-refractivity contribution < 1.29 is 4.74 Å². The average Bonchev–Trinajstić information content (AvgIpc) is 2.46. The summed E-state index contributed by atoms with van der Waals surface area (Å²) in [6.45, 7) is 9.02. The third kappa shape index (κ3) is 2.87. The maximum Gasteiger partial charge on any atom is 0.119 e. The van der Waals surface area contributed by atoms with E-state index in [1.165, 1.54) is 16.7 Å². The number of hydrogen-bond donors (Lipinski definition) is 0. The standard InChI is InChI=1S/C19H23O/c1-13(2)17-7-6-8-18(19(17)14(3)4)15-9-11-16(20-5)12-10-15/h6-9,11-14H,1-5H3. The molecule has 0 amide bonds. The van der Waals surface area contributed by atoms with Gasteiger partial charge in [-0.2, -0.15) is 0 Å². The monoisotopic (exact) mass is 267 g/mol. The van der Waals surface area contributed by atoms with Crippen LogP contribution in [0.25, 0.3) is 11.1 Å². The molecule has 0 atom stereocenters. The second-order valence-corrected chi connectivity index (χ2v) is 5.76. The van der Waals surface area contributed by atoms with E-state index in [1.807, 2.05) is 12.1 Å². The molecule has 0 heterocycles. The fraction of sp³-hybridized carbons (Fsp3) is 0.368. The molecule has 2 aromatic carbocycles. The Morgan fingerprint density at radius 1 is 0.950 bits per heavy atom. The van der Waals surface area contributed by atoms with Crippen LogP contribution in [0.4, 0.5) is 0 Å². The van der Waals surface area contributed by atoms with Gasteiger partial charge in [0.15, 0.2) is 0 Å². The summed E-state index contributed by atoms with van der Waals surface area (Å²) < 4.78 is 5.21. The van der Waals surface area contributed by atoms with Gasteiger partial charge in [-0.25, -0.2) is 0 Å². The smallest absolute Gasteiger partial charge is 0.119 e. The van der Waals surface area contributed by atoms with Gasteiger partial charge in [-0.15, -0.1) is 0 Å². The normalized spacial score (nSPS) is 11.2. The summed E-state index contributed by atoms with van der Waals surface area (Å²) >= 11 is 0. The van der Waals surface area contributed by atoms with Crippen LogP contribution in [0.2, 0.25) is 0 Å². The Labute approximate surface area is 122 Å². The third-order valence-electron chi connectivity index (χ3n) is 3.65. The zero-order valence-corrected chi connectivity index (χ0v) is 13.0. The Kier molecular flexibility index (Phi) is 4.49. The highest BCUT2D eigenvalue weighted by Crippen LogP contribution is 2.35. The Hall–Kier alpha value is -1.76. The largest absolute Gasteiger partial charge is 0.497 e. The van der Waals surface area contributed by atoms with Crippen LogP contribution in [0.5, 0.6) is 5.75 Å². The van der Waals surface area contributed by atoms with Crippen LogP contribution in [-0.4, -0.2) is 7.11 Å². The molecule has 0 unspecified atom stereocenters. The van der Waals surface area contributed by atoms with Gasteiger partial charge >= 0.3 is 0 Å². The summed E-state index contributed by atoms with van der Waals surface area (Å²) in [4.78, 5) is 0. The highest BCUT2D eigenvalue weighted by Gasteiger charge is 2.15. The van der Waals surface area contributed by atoms with Gasteiger partial charge < -0.3 is 4.74 Å². The van der Waals surface area contributed by atoms with Crippen molar-refractivity contribution in [2.45, 2.75) is 39.5 Å². The van der Waals surface area contributed by atoms with Gasteiger partial charge in [0.2, 0.25) is 0 Å². The van der Waals surface area contributed by atoms with Gasteiger partial charge in [0, 0.05) is 0 Å². The molecule has 105 valence electrons. The van der Waals surface area contributed by atoms with Crippen molar-refractivity contribution >= 4 is 0 Å². The second kappa shape index (κ2) is 6.13. The van der Waals surface area contributed by atoms with Crippen LogP contribution in [0.3, 0.4) is 0 Å².